The summed E-state index contributed by atoms with van der Waals surface area (Å²) in [6.07, 6.45) is 3.17. The molecule has 4 heterocycles. The first-order chi connectivity index (χ1) is 16.6. The van der Waals surface area contributed by atoms with Gasteiger partial charge in [-0.25, -0.2) is 13.6 Å². The Morgan fingerprint density at radius 3 is 2.46 bits per heavy atom. The number of amides is 1. The highest BCUT2D eigenvalue weighted by Gasteiger charge is 2.72. The lowest BCUT2D eigenvalue weighted by Crippen LogP contribution is -2.63. The monoisotopic (exact) mass is 498 g/mol. The van der Waals surface area contributed by atoms with E-state index in [0.717, 1.165) is 25.7 Å². The van der Waals surface area contributed by atoms with Crippen LogP contribution in [0.15, 0.2) is 11.6 Å². The van der Waals surface area contributed by atoms with Crippen LogP contribution in [0.4, 0.5) is 13.6 Å². The molecule has 0 N–H and O–H groups in total. The van der Waals surface area contributed by atoms with Crippen molar-refractivity contribution in [3.8, 4) is 0 Å². The lowest BCUT2D eigenvalue weighted by Gasteiger charge is -2.53. The van der Waals surface area contributed by atoms with Gasteiger partial charge < -0.3 is 23.8 Å². The molecule has 5 fully saturated rings. The fourth-order valence-corrected chi connectivity index (χ4v) is 6.89. The van der Waals surface area contributed by atoms with Crippen molar-refractivity contribution in [3.63, 3.8) is 0 Å². The summed E-state index contributed by atoms with van der Waals surface area (Å²) in [5.74, 6) is 0.00371. The third-order valence-electron chi connectivity index (χ3n) is 9.11. The third kappa shape index (κ3) is 4.86. The van der Waals surface area contributed by atoms with Gasteiger partial charge in [0.15, 0.2) is 0 Å². The highest BCUT2D eigenvalue weighted by molar-refractivity contribution is 5.69. The van der Waals surface area contributed by atoms with Gasteiger partial charge in [-0.2, -0.15) is 0 Å². The first-order valence-electron chi connectivity index (χ1n) is 13.0. The van der Waals surface area contributed by atoms with Crippen LogP contribution in [0.1, 0.15) is 52.9 Å². The van der Waals surface area contributed by atoms with Crippen molar-refractivity contribution in [1.29, 1.82) is 0 Å². The van der Waals surface area contributed by atoms with Gasteiger partial charge in [0.2, 0.25) is 0 Å². The summed E-state index contributed by atoms with van der Waals surface area (Å²) in [7, 11) is 1.68. The Kier molecular flexibility index (Phi) is 6.69. The Morgan fingerprint density at radius 2 is 1.89 bits per heavy atom. The highest BCUT2D eigenvalue weighted by Crippen LogP contribution is 2.59. The quantitative estimate of drug-likeness (QED) is 0.392. The van der Waals surface area contributed by atoms with Crippen LogP contribution in [-0.2, 0) is 18.9 Å². The summed E-state index contributed by atoms with van der Waals surface area (Å²) in [5, 5.41) is 0. The highest BCUT2D eigenvalue weighted by atomic mass is 19.3. The van der Waals surface area contributed by atoms with Crippen molar-refractivity contribution < 1.29 is 32.5 Å². The van der Waals surface area contributed by atoms with Gasteiger partial charge in [-0.1, -0.05) is 11.6 Å². The Labute approximate surface area is 207 Å². The molecule has 4 saturated heterocycles. The molecular weight excluding hydrogens is 458 g/mol. The molecule has 1 amide bonds. The molecule has 0 aromatic carbocycles. The molecule has 6 atom stereocenters. The van der Waals surface area contributed by atoms with Crippen LogP contribution in [0, 0.1) is 11.3 Å². The van der Waals surface area contributed by atoms with Crippen molar-refractivity contribution in [2.45, 2.75) is 88.8 Å². The average molecular weight is 499 g/mol. The van der Waals surface area contributed by atoms with E-state index >= 15 is 0 Å². The van der Waals surface area contributed by atoms with Gasteiger partial charge in [-0.3, -0.25) is 4.90 Å². The summed E-state index contributed by atoms with van der Waals surface area (Å²) in [6.45, 7) is 9.46. The lowest BCUT2D eigenvalue weighted by atomic mass is 9.68. The van der Waals surface area contributed by atoms with Crippen LogP contribution in [-0.4, -0.2) is 98.3 Å². The van der Waals surface area contributed by atoms with Crippen LogP contribution in [0.3, 0.4) is 0 Å². The first-order valence-corrected chi connectivity index (χ1v) is 13.0. The van der Waals surface area contributed by atoms with Crippen molar-refractivity contribution >= 4 is 6.09 Å². The summed E-state index contributed by atoms with van der Waals surface area (Å²) < 4.78 is 49.6. The van der Waals surface area contributed by atoms with Crippen LogP contribution >= 0.6 is 0 Å². The van der Waals surface area contributed by atoms with Gasteiger partial charge in [0.1, 0.15) is 23.4 Å². The fourth-order valence-electron chi connectivity index (χ4n) is 6.89. The maximum Gasteiger partial charge on any atom is 0.410 e. The van der Waals surface area contributed by atoms with Crippen molar-refractivity contribution in [3.05, 3.63) is 11.6 Å². The molecule has 0 radical (unpaired) electrons. The van der Waals surface area contributed by atoms with E-state index in [2.05, 4.69) is 26.8 Å². The van der Waals surface area contributed by atoms with Crippen molar-refractivity contribution in [1.82, 2.24) is 9.80 Å². The largest absolute Gasteiger partial charge is 0.443 e. The second kappa shape index (κ2) is 9.23. The molecule has 1 saturated carbocycles. The van der Waals surface area contributed by atoms with E-state index in [4.69, 9.17) is 18.9 Å². The minimum atomic E-state index is -2.30. The van der Waals surface area contributed by atoms with E-state index in [9.17, 15) is 13.6 Å². The number of epoxide rings is 2. The van der Waals surface area contributed by atoms with Gasteiger partial charge in [-0.15, -0.1) is 0 Å². The van der Waals surface area contributed by atoms with Crippen LogP contribution < -0.4 is 0 Å². The van der Waals surface area contributed by atoms with E-state index < -0.39 is 6.43 Å². The molecule has 7 nitrogen and oxygen atoms in total. The molecule has 4 aliphatic heterocycles. The number of halogens is 2. The SMILES string of the molecule is CO[C@@H]1[C@H](OC(=O)N2CC3(CCN(CC(F)F)CC3)C2)CC[C@]2(CO2)[C@H]1[C@@]1(C)O[C@@H]1CC=C(C)C. The smallest absolute Gasteiger partial charge is 0.410 e. The maximum atomic E-state index is 13.0. The number of carbonyl (C=O) groups is 1. The van der Waals surface area contributed by atoms with Gasteiger partial charge in [0, 0.05) is 25.6 Å². The van der Waals surface area contributed by atoms with Gasteiger partial charge in [0.05, 0.1) is 25.2 Å². The summed E-state index contributed by atoms with van der Waals surface area (Å²) in [5.41, 5.74) is 0.713. The van der Waals surface area contributed by atoms with Gasteiger partial charge in [0.25, 0.3) is 6.43 Å². The van der Waals surface area contributed by atoms with E-state index in [-0.39, 0.29) is 53.5 Å². The Bertz CT molecular complexity index is 830. The zero-order valence-corrected chi connectivity index (χ0v) is 21.4. The van der Waals surface area contributed by atoms with Gasteiger partial charge in [-0.05, 0) is 66.0 Å². The normalized spacial score (nSPS) is 40.0. The molecule has 198 valence electrons. The number of piperidine rings is 1. The molecule has 9 heteroatoms. The number of rotatable bonds is 7. The maximum absolute atomic E-state index is 13.0. The van der Waals surface area contributed by atoms with Gasteiger partial charge >= 0.3 is 6.09 Å². The number of nitrogens with zero attached hydrogens (tertiary/aromatic N) is 2. The van der Waals surface area contributed by atoms with E-state index in [1.54, 1.807) is 12.0 Å². The third-order valence-corrected chi connectivity index (χ3v) is 9.11. The Balaban J connectivity index is 1.17. The number of methoxy groups -OCH3 is 1. The van der Waals surface area contributed by atoms with Crippen molar-refractivity contribution in [2.75, 3.05) is 46.4 Å². The zero-order valence-electron chi connectivity index (χ0n) is 21.4. The number of ether oxygens (including phenoxy) is 4. The number of likely N-dealkylation sites (tertiary alicyclic amines) is 2. The van der Waals surface area contributed by atoms with E-state index in [0.29, 0.717) is 39.2 Å². The van der Waals surface area contributed by atoms with Crippen LogP contribution in [0.5, 0.6) is 0 Å². The van der Waals surface area contributed by atoms with Crippen LogP contribution in [0.2, 0.25) is 0 Å². The van der Waals surface area contributed by atoms with Crippen LogP contribution in [0.25, 0.3) is 0 Å². The summed E-state index contributed by atoms with van der Waals surface area (Å²) in [6, 6.07) is 0. The second-order valence-corrected chi connectivity index (χ2v) is 11.8. The number of hydrogen-bond acceptors (Lipinski definition) is 6. The standard InChI is InChI=1S/C26H40F2N2O5/c1-17(2)5-6-19-24(3,35-19)22-21(32-4)18(7-8-26(22)16-33-26)34-23(31)30-14-25(15-30)9-11-29(12-10-25)13-20(27)28/h5,18-22H,6-16H2,1-4H3/t18-,19-,21-,22-,24+,26+/m1/s1. The summed E-state index contributed by atoms with van der Waals surface area (Å²) in [4.78, 5) is 16.6. The van der Waals surface area contributed by atoms with E-state index in [1.165, 1.54) is 5.57 Å². The molecule has 5 rings (SSSR count). The molecular formula is C26H40F2N2O5. The molecule has 2 spiro atoms. The molecule has 0 aromatic heterocycles. The first kappa shape index (κ1) is 25.4. The lowest BCUT2D eigenvalue weighted by molar-refractivity contribution is -0.130. The molecule has 35 heavy (non-hydrogen) atoms. The van der Waals surface area contributed by atoms with E-state index in [1.807, 2.05) is 4.90 Å². The number of alkyl halides is 2. The molecule has 5 aliphatic rings. The molecule has 0 aromatic rings. The second-order valence-electron chi connectivity index (χ2n) is 11.8. The summed E-state index contributed by atoms with van der Waals surface area (Å²) >= 11 is 0. The minimum Gasteiger partial charge on any atom is -0.443 e. The number of allylic oxidation sites excluding steroid dienone is 1. The fraction of sp³-hybridized carbons (Fsp3) is 0.885. The Morgan fingerprint density at radius 1 is 1.20 bits per heavy atom. The Hall–Kier alpha value is -1.29. The topological polar surface area (TPSA) is 67.1 Å². The van der Waals surface area contributed by atoms with Crippen molar-refractivity contribution in [2.24, 2.45) is 11.3 Å². The zero-order chi connectivity index (χ0) is 25.0. The predicted molar refractivity (Wildman–Crippen MR) is 125 cm³/mol. The predicted octanol–water partition coefficient (Wildman–Crippen LogP) is 3.86. The number of carbonyl (C=O) groups excluding carboxylic acids is 1. The molecule has 0 unspecified atom stereocenters. The molecule has 1 aliphatic carbocycles. The average Bonchev–Trinajstić information content (AvgIpc) is 3.69. The number of hydrogen-bond donors (Lipinski definition) is 0. The minimum absolute atomic E-state index is 0.00371. The molecule has 0 bridgehead atoms.